The summed E-state index contributed by atoms with van der Waals surface area (Å²) in [5.41, 5.74) is 1.42. The van der Waals surface area contributed by atoms with Gasteiger partial charge in [0, 0.05) is 4.47 Å². The predicted molar refractivity (Wildman–Crippen MR) is 106 cm³/mol. The molecule has 2 aromatic rings. The quantitative estimate of drug-likeness (QED) is 0.709. The van der Waals surface area contributed by atoms with E-state index < -0.39 is 0 Å². The molecular weight excluding hydrogens is 420 g/mol. The van der Waals surface area contributed by atoms with E-state index in [0.717, 1.165) is 5.75 Å². The smallest absolute Gasteiger partial charge is 0.264 e. The highest BCUT2D eigenvalue weighted by Crippen LogP contribution is 2.36. The molecule has 0 radical (unpaired) electrons. The molecule has 6 nitrogen and oxygen atoms in total. The van der Waals surface area contributed by atoms with Crippen molar-refractivity contribution in [2.75, 3.05) is 14.2 Å². The zero-order valence-electron chi connectivity index (χ0n) is 13.9. The van der Waals surface area contributed by atoms with Crippen LogP contribution >= 0.6 is 27.7 Å². The number of nitrogens with one attached hydrogen (secondary N) is 1. The van der Waals surface area contributed by atoms with E-state index in [1.807, 2.05) is 12.1 Å². The number of nitrogens with zero attached hydrogens (tertiary/aromatic N) is 1. The number of benzene rings is 2. The summed E-state index contributed by atoms with van der Waals surface area (Å²) < 4.78 is 10.9. The number of aromatic hydroxyl groups is 1. The van der Waals surface area contributed by atoms with Gasteiger partial charge in [0.1, 0.15) is 5.75 Å². The van der Waals surface area contributed by atoms with Crippen LogP contribution in [0.2, 0.25) is 0 Å². The van der Waals surface area contributed by atoms with Gasteiger partial charge in [0.25, 0.3) is 5.91 Å². The minimum Gasteiger partial charge on any atom is -0.504 e. The lowest BCUT2D eigenvalue weighted by atomic mass is 10.2. The lowest BCUT2D eigenvalue weighted by Crippen LogP contribution is -2.19. The Kier molecular flexibility index (Phi) is 5.53. The van der Waals surface area contributed by atoms with Crippen molar-refractivity contribution in [2.24, 2.45) is 4.99 Å². The number of amides is 1. The maximum absolute atomic E-state index is 12.2. The average molecular weight is 435 g/mol. The predicted octanol–water partition coefficient (Wildman–Crippen LogP) is 4.06. The Labute approximate surface area is 163 Å². The van der Waals surface area contributed by atoms with E-state index in [1.165, 1.54) is 24.9 Å². The summed E-state index contributed by atoms with van der Waals surface area (Å²) in [6.45, 7) is 0. The summed E-state index contributed by atoms with van der Waals surface area (Å²) in [6.07, 6.45) is 1.71. The van der Waals surface area contributed by atoms with Crippen molar-refractivity contribution in [1.29, 1.82) is 0 Å². The van der Waals surface area contributed by atoms with Gasteiger partial charge < -0.3 is 19.9 Å². The van der Waals surface area contributed by atoms with E-state index >= 15 is 0 Å². The van der Waals surface area contributed by atoms with Gasteiger partial charge in [-0.15, -0.1) is 0 Å². The highest BCUT2D eigenvalue weighted by molar-refractivity contribution is 9.10. The molecule has 2 N–H and O–H groups in total. The molecule has 2 aromatic carbocycles. The average Bonchev–Trinajstić information content (AvgIpc) is 2.97. The van der Waals surface area contributed by atoms with Crippen molar-refractivity contribution in [3.8, 4) is 17.2 Å². The molecule has 1 aliphatic heterocycles. The Bertz CT molecular complexity index is 910. The van der Waals surface area contributed by atoms with Gasteiger partial charge in [0.15, 0.2) is 16.7 Å². The molecule has 0 unspecified atom stereocenters. The second-order valence-corrected chi connectivity index (χ2v) is 7.11. The number of carbonyl (C=O) groups is 1. The molecule has 1 aliphatic rings. The molecule has 134 valence electrons. The van der Waals surface area contributed by atoms with Crippen molar-refractivity contribution in [1.82, 2.24) is 5.32 Å². The Morgan fingerprint density at radius 3 is 2.58 bits per heavy atom. The van der Waals surface area contributed by atoms with Crippen LogP contribution in [0.1, 0.15) is 5.56 Å². The molecule has 0 bridgehead atoms. The van der Waals surface area contributed by atoms with Crippen LogP contribution in [0.5, 0.6) is 17.2 Å². The second-order valence-electron chi connectivity index (χ2n) is 5.23. The van der Waals surface area contributed by atoms with Crippen LogP contribution in [0.4, 0.5) is 5.69 Å². The molecule has 26 heavy (non-hydrogen) atoms. The number of amidine groups is 1. The lowest BCUT2D eigenvalue weighted by molar-refractivity contribution is -0.115. The third-order valence-corrected chi connectivity index (χ3v) is 5.14. The fourth-order valence-corrected chi connectivity index (χ4v) is 3.51. The number of hydrogen-bond acceptors (Lipinski definition) is 6. The number of phenolic OH excluding ortho intramolecular Hbond substituents is 1. The van der Waals surface area contributed by atoms with Gasteiger partial charge in [-0.25, -0.2) is 4.99 Å². The molecule has 8 heteroatoms. The first-order chi connectivity index (χ1) is 12.5. The van der Waals surface area contributed by atoms with Crippen molar-refractivity contribution in [2.45, 2.75) is 0 Å². The van der Waals surface area contributed by atoms with E-state index in [9.17, 15) is 9.90 Å². The molecule has 0 spiro atoms. The summed E-state index contributed by atoms with van der Waals surface area (Å²) in [6, 6.07) is 10.4. The molecule has 1 saturated heterocycles. The number of rotatable bonds is 4. The highest BCUT2D eigenvalue weighted by atomic mass is 79.9. The van der Waals surface area contributed by atoms with Crippen molar-refractivity contribution in [3.63, 3.8) is 0 Å². The normalized spacial score (nSPS) is 16.8. The van der Waals surface area contributed by atoms with Crippen LogP contribution in [0.25, 0.3) is 6.08 Å². The number of aliphatic imine (C=N–C) groups is 1. The van der Waals surface area contributed by atoms with Crippen LogP contribution in [0.15, 0.2) is 50.8 Å². The maximum atomic E-state index is 12.2. The molecule has 1 fully saturated rings. The van der Waals surface area contributed by atoms with E-state index in [0.29, 0.717) is 31.5 Å². The number of ether oxygens (including phenoxy) is 2. The number of hydrogen-bond donors (Lipinski definition) is 2. The lowest BCUT2D eigenvalue weighted by Gasteiger charge is -2.06. The zero-order chi connectivity index (χ0) is 18.7. The van der Waals surface area contributed by atoms with Crippen LogP contribution in [0.3, 0.4) is 0 Å². The van der Waals surface area contributed by atoms with E-state index in [2.05, 4.69) is 26.2 Å². The summed E-state index contributed by atoms with van der Waals surface area (Å²) in [7, 11) is 3.07. The Balaban J connectivity index is 1.85. The molecule has 0 atom stereocenters. The summed E-state index contributed by atoms with van der Waals surface area (Å²) in [5.74, 6) is 0.854. The van der Waals surface area contributed by atoms with Crippen molar-refractivity contribution >= 4 is 50.5 Å². The molecule has 1 amide bonds. The number of phenols is 1. The zero-order valence-corrected chi connectivity index (χ0v) is 16.3. The molecule has 3 rings (SSSR count). The first kappa shape index (κ1) is 18.3. The molecular formula is C18H15BrN2O4S. The van der Waals surface area contributed by atoms with Gasteiger partial charge in [-0.3, -0.25) is 4.79 Å². The Morgan fingerprint density at radius 2 is 1.92 bits per heavy atom. The van der Waals surface area contributed by atoms with E-state index in [1.54, 1.807) is 31.4 Å². The van der Waals surface area contributed by atoms with Gasteiger partial charge in [0.2, 0.25) is 0 Å². The number of methoxy groups -OCH3 is 2. The minimum atomic E-state index is -0.235. The first-order valence-electron chi connectivity index (χ1n) is 7.50. The van der Waals surface area contributed by atoms with Gasteiger partial charge in [-0.2, -0.15) is 0 Å². The van der Waals surface area contributed by atoms with Gasteiger partial charge >= 0.3 is 0 Å². The van der Waals surface area contributed by atoms with Gasteiger partial charge in [0.05, 0.1) is 24.8 Å². The van der Waals surface area contributed by atoms with Crippen molar-refractivity contribution < 1.29 is 19.4 Å². The largest absolute Gasteiger partial charge is 0.504 e. The van der Waals surface area contributed by atoms with E-state index in [4.69, 9.17) is 9.47 Å². The summed E-state index contributed by atoms with van der Waals surface area (Å²) in [5, 5.41) is 13.0. The third kappa shape index (κ3) is 4.03. The molecule has 0 saturated carbocycles. The molecule has 1 heterocycles. The topological polar surface area (TPSA) is 80.2 Å². The Morgan fingerprint density at radius 1 is 1.19 bits per heavy atom. The molecule has 0 aliphatic carbocycles. The summed E-state index contributed by atoms with van der Waals surface area (Å²) >= 11 is 4.62. The standard InChI is InChI=1S/C18H15BrN2O4S/c1-24-12-5-3-11(4-6-12)20-18-21-17(23)16(26-18)8-10-7-15(25-2)14(22)9-13(10)19/h3-9,22H,1-2H3,(H,20,21,23). The maximum Gasteiger partial charge on any atom is 0.264 e. The Hall–Kier alpha value is -2.45. The van der Waals surface area contributed by atoms with Crippen LogP contribution < -0.4 is 14.8 Å². The number of thioether (sulfide) groups is 1. The van der Waals surface area contributed by atoms with Gasteiger partial charge in [-0.1, -0.05) is 15.9 Å². The second kappa shape index (κ2) is 7.84. The van der Waals surface area contributed by atoms with Gasteiger partial charge in [-0.05, 0) is 59.8 Å². The fourth-order valence-electron chi connectivity index (χ4n) is 2.23. The third-order valence-electron chi connectivity index (χ3n) is 3.54. The monoisotopic (exact) mass is 434 g/mol. The van der Waals surface area contributed by atoms with Crippen LogP contribution in [-0.4, -0.2) is 30.4 Å². The van der Waals surface area contributed by atoms with Crippen LogP contribution in [-0.2, 0) is 4.79 Å². The summed E-state index contributed by atoms with van der Waals surface area (Å²) in [4.78, 5) is 17.1. The number of carbonyl (C=O) groups excluding carboxylic acids is 1. The first-order valence-corrected chi connectivity index (χ1v) is 9.11. The van der Waals surface area contributed by atoms with Crippen molar-refractivity contribution in [3.05, 3.63) is 51.3 Å². The fraction of sp³-hybridized carbons (Fsp3) is 0.111. The van der Waals surface area contributed by atoms with Crippen LogP contribution in [0, 0.1) is 0 Å². The highest BCUT2D eigenvalue weighted by Gasteiger charge is 2.24. The SMILES string of the molecule is COc1ccc(N=C2NC(=O)C(=Cc3cc(OC)c(O)cc3Br)S2)cc1. The molecule has 0 aromatic heterocycles. The minimum absolute atomic E-state index is 0.0202. The number of halogens is 1. The van der Waals surface area contributed by atoms with E-state index in [-0.39, 0.29) is 11.7 Å².